The number of hydrogen-bond acceptors (Lipinski definition) is 6. The van der Waals surface area contributed by atoms with Crippen LogP contribution in [0.25, 0.3) is 5.69 Å². The fraction of sp³-hybridized carbons (Fsp3) is 0.303. The van der Waals surface area contributed by atoms with Crippen LogP contribution in [0.2, 0.25) is 5.02 Å². The van der Waals surface area contributed by atoms with Crippen LogP contribution >= 0.6 is 23.4 Å². The highest BCUT2D eigenvalue weighted by atomic mass is 35.5. The number of piperidine rings is 1. The molecule has 1 saturated heterocycles. The number of amides is 1. The molecular formula is C33H34ClFN4O3S. The van der Waals surface area contributed by atoms with Crippen LogP contribution in [0.5, 0.6) is 5.75 Å². The number of ether oxygens (including phenoxy) is 1. The number of benzene rings is 3. The number of methoxy groups -OCH3 is 1. The minimum absolute atomic E-state index is 0.0616. The van der Waals surface area contributed by atoms with Crippen LogP contribution in [-0.4, -0.2) is 41.9 Å². The second-order valence-electron chi connectivity index (χ2n) is 10.7. The minimum Gasteiger partial charge on any atom is -0.497 e. The normalized spacial score (nSPS) is 17.3. The Morgan fingerprint density at radius 2 is 1.93 bits per heavy atom. The van der Waals surface area contributed by atoms with Crippen LogP contribution in [0.1, 0.15) is 36.8 Å². The number of carbonyl (C=O) groups excluding carboxylic acids is 1. The first-order valence-corrected chi connectivity index (χ1v) is 15.5. The maximum atomic E-state index is 13.9. The first kappa shape index (κ1) is 30.8. The van der Waals surface area contributed by atoms with E-state index in [-0.39, 0.29) is 35.2 Å². The standard InChI is InChI=1S/C33H34ClFN4O3S/c1-21(37-32(40)30-20-36-17-16-29(30)22-4-3-5-25(35)18-22)6-7-23-19-31(43-28-14-8-24(34)9-15-28)38-39(33(23)41)26-10-12-27(42-2)13-11-26/h3-5,8-15,18-19,21,29-30,36H,6-7,16-17,20H2,1-2H3,(H,37,40)/t21-,29-,30+/m1/s1. The van der Waals surface area contributed by atoms with Crippen molar-refractivity contribution in [1.29, 1.82) is 0 Å². The van der Waals surface area contributed by atoms with Crippen LogP contribution in [0.4, 0.5) is 4.39 Å². The molecule has 0 bridgehead atoms. The molecule has 0 radical (unpaired) electrons. The van der Waals surface area contributed by atoms with E-state index in [1.165, 1.54) is 28.6 Å². The average Bonchev–Trinajstić information content (AvgIpc) is 3.02. The van der Waals surface area contributed by atoms with Crippen molar-refractivity contribution in [2.75, 3.05) is 20.2 Å². The fourth-order valence-electron chi connectivity index (χ4n) is 5.33. The van der Waals surface area contributed by atoms with Gasteiger partial charge in [-0.2, -0.15) is 9.78 Å². The van der Waals surface area contributed by atoms with Gasteiger partial charge in [0.1, 0.15) is 16.6 Å². The van der Waals surface area contributed by atoms with Gasteiger partial charge in [-0.05, 0) is 111 Å². The summed E-state index contributed by atoms with van der Waals surface area (Å²) in [5.74, 6) is -0.0590. The van der Waals surface area contributed by atoms with Gasteiger partial charge in [0.25, 0.3) is 5.56 Å². The average molecular weight is 621 g/mol. The first-order chi connectivity index (χ1) is 20.8. The highest BCUT2D eigenvalue weighted by molar-refractivity contribution is 7.99. The lowest BCUT2D eigenvalue weighted by Gasteiger charge is -2.32. The monoisotopic (exact) mass is 620 g/mol. The highest BCUT2D eigenvalue weighted by Gasteiger charge is 2.32. The lowest BCUT2D eigenvalue weighted by molar-refractivity contribution is -0.126. The van der Waals surface area contributed by atoms with Gasteiger partial charge in [-0.3, -0.25) is 9.59 Å². The number of aromatic nitrogens is 2. The van der Waals surface area contributed by atoms with Crippen molar-refractivity contribution in [2.24, 2.45) is 5.92 Å². The number of halogens is 2. The van der Waals surface area contributed by atoms with E-state index in [0.29, 0.717) is 46.4 Å². The van der Waals surface area contributed by atoms with E-state index >= 15 is 0 Å². The minimum atomic E-state index is -0.311. The SMILES string of the molecule is COc1ccc(-n2nc(Sc3ccc(Cl)cc3)cc(CC[C@@H](C)NC(=O)[C@H]3CNCC[C@@H]3c3cccc(F)c3)c2=O)cc1. The van der Waals surface area contributed by atoms with Gasteiger partial charge in [-0.15, -0.1) is 0 Å². The van der Waals surface area contributed by atoms with Crippen molar-refractivity contribution >= 4 is 29.3 Å². The summed E-state index contributed by atoms with van der Waals surface area (Å²) in [4.78, 5) is 27.9. The number of hydrogen-bond donors (Lipinski definition) is 2. The quantitative estimate of drug-likeness (QED) is 0.226. The van der Waals surface area contributed by atoms with E-state index in [9.17, 15) is 14.0 Å². The van der Waals surface area contributed by atoms with E-state index in [1.807, 2.05) is 43.3 Å². The Morgan fingerprint density at radius 1 is 1.16 bits per heavy atom. The van der Waals surface area contributed by atoms with Gasteiger partial charge >= 0.3 is 0 Å². The van der Waals surface area contributed by atoms with E-state index in [4.69, 9.17) is 16.3 Å². The second kappa shape index (κ2) is 14.2. The van der Waals surface area contributed by atoms with Crippen molar-refractivity contribution in [2.45, 2.75) is 48.1 Å². The van der Waals surface area contributed by atoms with Crippen LogP contribution in [-0.2, 0) is 11.2 Å². The van der Waals surface area contributed by atoms with Crippen LogP contribution in [0.15, 0.2) is 93.6 Å². The van der Waals surface area contributed by atoms with E-state index in [1.54, 1.807) is 37.4 Å². The summed E-state index contributed by atoms with van der Waals surface area (Å²) in [5.41, 5.74) is 1.85. The van der Waals surface area contributed by atoms with Gasteiger partial charge in [0.2, 0.25) is 5.91 Å². The molecule has 2 heterocycles. The molecule has 1 aromatic heterocycles. The number of aryl methyl sites for hydroxylation is 1. The third-order valence-corrected chi connectivity index (χ3v) is 8.82. The Labute approximate surface area is 259 Å². The third kappa shape index (κ3) is 7.84. The van der Waals surface area contributed by atoms with Crippen molar-refractivity contribution in [3.8, 4) is 11.4 Å². The van der Waals surface area contributed by atoms with E-state index < -0.39 is 0 Å². The summed E-state index contributed by atoms with van der Waals surface area (Å²) in [6.45, 7) is 3.25. The molecule has 2 N–H and O–H groups in total. The number of carbonyl (C=O) groups is 1. The third-order valence-electron chi connectivity index (χ3n) is 7.65. The molecular weight excluding hydrogens is 587 g/mol. The molecule has 1 amide bonds. The van der Waals surface area contributed by atoms with Gasteiger partial charge in [-0.1, -0.05) is 35.5 Å². The molecule has 1 aliphatic rings. The second-order valence-corrected chi connectivity index (χ2v) is 12.2. The zero-order valence-corrected chi connectivity index (χ0v) is 25.6. The predicted octanol–water partition coefficient (Wildman–Crippen LogP) is 6.02. The lowest BCUT2D eigenvalue weighted by atomic mass is 9.80. The zero-order valence-electron chi connectivity index (χ0n) is 24.1. The molecule has 7 nitrogen and oxygen atoms in total. The molecule has 3 atom stereocenters. The first-order valence-electron chi connectivity index (χ1n) is 14.3. The molecule has 0 unspecified atom stereocenters. The van der Waals surface area contributed by atoms with E-state index in [2.05, 4.69) is 15.7 Å². The largest absolute Gasteiger partial charge is 0.497 e. The Balaban J connectivity index is 1.33. The zero-order chi connectivity index (χ0) is 30.3. The molecule has 0 aliphatic carbocycles. The number of rotatable bonds is 10. The van der Waals surface area contributed by atoms with Gasteiger partial charge in [-0.25, -0.2) is 4.39 Å². The van der Waals surface area contributed by atoms with Gasteiger partial charge in [0.05, 0.1) is 18.7 Å². The van der Waals surface area contributed by atoms with Crippen LogP contribution in [0, 0.1) is 11.7 Å². The van der Waals surface area contributed by atoms with Gasteiger partial charge < -0.3 is 15.4 Å². The molecule has 5 rings (SSSR count). The molecule has 43 heavy (non-hydrogen) atoms. The molecule has 224 valence electrons. The highest BCUT2D eigenvalue weighted by Crippen LogP contribution is 2.31. The summed E-state index contributed by atoms with van der Waals surface area (Å²) in [7, 11) is 1.59. The fourth-order valence-corrected chi connectivity index (χ4v) is 6.30. The Hall–Kier alpha value is -3.66. The van der Waals surface area contributed by atoms with E-state index in [0.717, 1.165) is 23.4 Å². The maximum Gasteiger partial charge on any atom is 0.274 e. The summed E-state index contributed by atoms with van der Waals surface area (Å²) in [6.07, 6.45) is 1.76. The lowest BCUT2D eigenvalue weighted by Crippen LogP contribution is -2.47. The maximum absolute atomic E-state index is 13.9. The Bertz CT molecular complexity index is 1610. The Kier molecular flexibility index (Phi) is 10.2. The molecule has 3 aromatic carbocycles. The summed E-state index contributed by atoms with van der Waals surface area (Å²) < 4.78 is 20.6. The summed E-state index contributed by atoms with van der Waals surface area (Å²) in [5, 5.41) is 12.4. The van der Waals surface area contributed by atoms with Crippen molar-refractivity contribution < 1.29 is 13.9 Å². The van der Waals surface area contributed by atoms with Crippen molar-refractivity contribution in [1.82, 2.24) is 20.4 Å². The number of nitrogens with one attached hydrogen (secondary N) is 2. The topological polar surface area (TPSA) is 85.2 Å². The molecule has 1 aliphatic heterocycles. The van der Waals surface area contributed by atoms with Crippen molar-refractivity contribution in [3.05, 3.63) is 111 Å². The predicted molar refractivity (Wildman–Crippen MR) is 168 cm³/mol. The molecule has 1 fully saturated rings. The molecule has 10 heteroatoms. The van der Waals surface area contributed by atoms with Gasteiger partial charge in [0.15, 0.2) is 0 Å². The Morgan fingerprint density at radius 3 is 2.65 bits per heavy atom. The smallest absolute Gasteiger partial charge is 0.274 e. The molecule has 0 saturated carbocycles. The molecule has 4 aromatic rings. The summed E-state index contributed by atoms with van der Waals surface area (Å²) >= 11 is 7.50. The van der Waals surface area contributed by atoms with Crippen molar-refractivity contribution in [3.63, 3.8) is 0 Å². The van der Waals surface area contributed by atoms with Gasteiger partial charge in [0, 0.05) is 28.1 Å². The van der Waals surface area contributed by atoms with Crippen LogP contribution in [0.3, 0.4) is 0 Å². The molecule has 0 spiro atoms. The summed E-state index contributed by atoms with van der Waals surface area (Å²) in [6, 6.07) is 22.8. The number of nitrogens with zero attached hydrogens (tertiary/aromatic N) is 2. The van der Waals surface area contributed by atoms with Crippen LogP contribution < -0.4 is 20.9 Å².